The van der Waals surface area contributed by atoms with Crippen LogP contribution in [-0.4, -0.2) is 16.9 Å². The molecule has 2 aromatic rings. The number of hydrogen-bond donors (Lipinski definition) is 0. The Balaban J connectivity index is 2.89. The molecule has 1 aromatic heterocycles. The first kappa shape index (κ1) is 11.3. The Morgan fingerprint density at radius 1 is 1.19 bits per heavy atom. The number of rotatable bonds is 0. The molecule has 0 bridgehead atoms. The third-order valence-corrected chi connectivity index (χ3v) is 2.62. The van der Waals surface area contributed by atoms with Crippen molar-refractivity contribution in [2.24, 2.45) is 0 Å². The second-order valence-corrected chi connectivity index (χ2v) is 4.24. The van der Waals surface area contributed by atoms with Crippen LogP contribution in [-0.2, 0) is 6.18 Å². The molecule has 0 saturated heterocycles. The molecule has 0 aliphatic rings. The van der Waals surface area contributed by atoms with Gasteiger partial charge in [0.2, 0.25) is 0 Å². The van der Waals surface area contributed by atoms with Gasteiger partial charge in [-0.2, -0.15) is 0 Å². The minimum atomic E-state index is -4.56. The number of hydrogen-bond acceptors (Lipinski definition) is 2. The first-order chi connectivity index (χ1) is 7.38. The molecule has 0 atom stereocenters. The van der Waals surface area contributed by atoms with Crippen LogP contribution in [0.1, 0.15) is 5.56 Å². The van der Waals surface area contributed by atoms with E-state index in [1.54, 1.807) is 0 Å². The van der Waals surface area contributed by atoms with Crippen molar-refractivity contribution in [2.75, 3.05) is 0 Å². The maximum atomic E-state index is 12.6. The Morgan fingerprint density at radius 3 is 2.50 bits per heavy atom. The SMILES string of the molecule is O=c1cc(C(F)(F)F)c2ccc([As])cc2o1. The van der Waals surface area contributed by atoms with E-state index in [9.17, 15) is 18.0 Å². The van der Waals surface area contributed by atoms with Gasteiger partial charge in [-0.25, -0.2) is 0 Å². The molecule has 0 fully saturated rings. The van der Waals surface area contributed by atoms with E-state index in [1.807, 2.05) is 0 Å². The van der Waals surface area contributed by atoms with Crippen molar-refractivity contribution in [3.63, 3.8) is 0 Å². The number of alkyl halides is 3. The molecule has 16 heavy (non-hydrogen) atoms. The molecule has 2 nitrogen and oxygen atoms in total. The van der Waals surface area contributed by atoms with Gasteiger partial charge in [-0.15, -0.1) is 0 Å². The van der Waals surface area contributed by atoms with E-state index in [0.717, 1.165) is 0 Å². The second kappa shape index (κ2) is 3.66. The van der Waals surface area contributed by atoms with Crippen molar-refractivity contribution >= 4 is 32.2 Å². The van der Waals surface area contributed by atoms with Gasteiger partial charge in [0, 0.05) is 0 Å². The molecule has 0 amide bonds. The predicted octanol–water partition coefficient (Wildman–Crippen LogP) is 1.61. The van der Waals surface area contributed by atoms with E-state index in [4.69, 9.17) is 4.42 Å². The van der Waals surface area contributed by atoms with Gasteiger partial charge in [0.05, 0.1) is 0 Å². The average Bonchev–Trinajstić information content (AvgIpc) is 2.14. The standard InChI is InChI=1S/C10H4AsF3O2/c11-5-1-2-6-7(10(12,13)14)4-9(15)16-8(6)3-5/h1-4H. The van der Waals surface area contributed by atoms with Crippen LogP contribution in [0.25, 0.3) is 11.0 Å². The maximum absolute atomic E-state index is 12.6. The molecular weight excluding hydrogens is 284 g/mol. The zero-order chi connectivity index (χ0) is 11.9. The molecule has 2 rings (SSSR count). The summed E-state index contributed by atoms with van der Waals surface area (Å²) in [6.45, 7) is 0. The Morgan fingerprint density at radius 2 is 1.88 bits per heavy atom. The van der Waals surface area contributed by atoms with Gasteiger partial charge in [-0.05, 0) is 0 Å². The summed E-state index contributed by atoms with van der Waals surface area (Å²) in [4.78, 5) is 11.0. The monoisotopic (exact) mass is 288 g/mol. The van der Waals surface area contributed by atoms with E-state index in [1.165, 1.54) is 18.2 Å². The topological polar surface area (TPSA) is 30.2 Å². The van der Waals surface area contributed by atoms with Crippen LogP contribution in [0.2, 0.25) is 0 Å². The normalized spacial score (nSPS) is 12.0. The first-order valence-electron chi connectivity index (χ1n) is 4.22. The van der Waals surface area contributed by atoms with E-state index < -0.39 is 17.4 Å². The molecule has 1 heterocycles. The molecular formula is C10H4AsF3O2. The van der Waals surface area contributed by atoms with Gasteiger partial charge in [-0.3, -0.25) is 0 Å². The third kappa shape index (κ3) is 2.00. The van der Waals surface area contributed by atoms with E-state index in [2.05, 4.69) is 16.9 Å². The molecule has 0 N–H and O–H groups in total. The van der Waals surface area contributed by atoms with E-state index in [0.29, 0.717) is 10.4 Å². The number of halogens is 3. The van der Waals surface area contributed by atoms with Crippen LogP contribution in [0.4, 0.5) is 13.2 Å². The summed E-state index contributed by atoms with van der Waals surface area (Å²) in [6.07, 6.45) is -4.56. The van der Waals surface area contributed by atoms with Crippen molar-refractivity contribution in [3.05, 3.63) is 40.2 Å². The second-order valence-electron chi connectivity index (χ2n) is 3.16. The fraction of sp³-hybridized carbons (Fsp3) is 0.100. The van der Waals surface area contributed by atoms with Gasteiger partial charge in [0.1, 0.15) is 0 Å². The van der Waals surface area contributed by atoms with Crippen LogP contribution in [0.3, 0.4) is 0 Å². The van der Waals surface area contributed by atoms with Gasteiger partial charge in [0.25, 0.3) is 0 Å². The van der Waals surface area contributed by atoms with Crippen LogP contribution >= 0.6 is 0 Å². The van der Waals surface area contributed by atoms with Gasteiger partial charge < -0.3 is 0 Å². The van der Waals surface area contributed by atoms with Crippen LogP contribution < -0.4 is 9.98 Å². The van der Waals surface area contributed by atoms with Crippen molar-refractivity contribution in [1.29, 1.82) is 0 Å². The molecule has 0 unspecified atom stereocenters. The summed E-state index contributed by atoms with van der Waals surface area (Å²) in [5.74, 6) is 0. The van der Waals surface area contributed by atoms with Gasteiger partial charge in [-0.1, -0.05) is 0 Å². The fourth-order valence-electron chi connectivity index (χ4n) is 1.39. The Hall–Kier alpha value is -1.22. The molecule has 1 aromatic carbocycles. The quantitative estimate of drug-likeness (QED) is 0.544. The van der Waals surface area contributed by atoms with Crippen LogP contribution in [0.15, 0.2) is 33.5 Å². The van der Waals surface area contributed by atoms with E-state index in [-0.39, 0.29) is 11.0 Å². The summed E-state index contributed by atoms with van der Waals surface area (Å²) in [5.41, 5.74) is -2.03. The number of fused-ring (bicyclic) bond motifs is 1. The zero-order valence-corrected chi connectivity index (χ0v) is 9.58. The van der Waals surface area contributed by atoms with Gasteiger partial charge in [0.15, 0.2) is 0 Å². The molecule has 82 valence electrons. The molecule has 0 spiro atoms. The first-order valence-corrected chi connectivity index (χ1v) is 5.16. The summed E-state index contributed by atoms with van der Waals surface area (Å²) in [7, 11) is 0. The van der Waals surface area contributed by atoms with Crippen molar-refractivity contribution in [1.82, 2.24) is 0 Å². The Bertz CT molecular complexity index is 601. The molecule has 2 radical (unpaired) electrons. The fourth-order valence-corrected chi connectivity index (χ4v) is 1.79. The molecule has 6 heteroatoms. The van der Waals surface area contributed by atoms with Gasteiger partial charge >= 0.3 is 96.2 Å². The minimum absolute atomic E-state index is 0.0575. The predicted molar refractivity (Wildman–Crippen MR) is 52.9 cm³/mol. The summed E-state index contributed by atoms with van der Waals surface area (Å²) in [6, 6.07) is 4.64. The number of benzene rings is 1. The van der Waals surface area contributed by atoms with Crippen molar-refractivity contribution in [3.8, 4) is 0 Å². The molecule has 0 saturated carbocycles. The molecule has 0 aliphatic carbocycles. The average molecular weight is 288 g/mol. The van der Waals surface area contributed by atoms with E-state index >= 15 is 0 Å². The Labute approximate surface area is 96.6 Å². The third-order valence-electron chi connectivity index (χ3n) is 2.03. The van der Waals surface area contributed by atoms with Crippen molar-refractivity contribution < 1.29 is 17.6 Å². The van der Waals surface area contributed by atoms with Crippen molar-refractivity contribution in [2.45, 2.75) is 6.18 Å². The van der Waals surface area contributed by atoms with Crippen LogP contribution in [0.5, 0.6) is 0 Å². The Kier molecular flexibility index (Phi) is 2.58. The summed E-state index contributed by atoms with van der Waals surface area (Å²) >= 11 is 2.17. The van der Waals surface area contributed by atoms with Crippen LogP contribution in [0, 0.1) is 0 Å². The summed E-state index contributed by atoms with van der Waals surface area (Å²) in [5, 5.41) is -0.109. The zero-order valence-electron chi connectivity index (χ0n) is 7.71. The molecule has 0 aliphatic heterocycles. The summed E-state index contributed by atoms with van der Waals surface area (Å²) < 4.78 is 43.2.